The van der Waals surface area contributed by atoms with E-state index >= 15 is 0 Å². The number of fused-ring (bicyclic) bond motifs is 1. The van der Waals surface area contributed by atoms with Gasteiger partial charge < -0.3 is 0 Å². The van der Waals surface area contributed by atoms with E-state index in [1.54, 1.807) is 0 Å². The number of carbonyl (C=O) groups excluding carboxylic acids is 1. The van der Waals surface area contributed by atoms with Crippen LogP contribution in [-0.4, -0.2) is 5.78 Å². The standard InChI is InChI=1S/C13H22O/c1-3-10-5-4-6-11-9-12(14)7-8-13(10,11)2/h10-11H,3-9H2,1-2H3. The van der Waals surface area contributed by atoms with Crippen LogP contribution in [0.4, 0.5) is 0 Å². The summed E-state index contributed by atoms with van der Waals surface area (Å²) in [5.74, 6) is 2.11. The molecule has 0 radical (unpaired) electrons. The third-order valence-electron chi connectivity index (χ3n) is 4.88. The smallest absolute Gasteiger partial charge is 0.133 e. The van der Waals surface area contributed by atoms with Crippen LogP contribution in [0.25, 0.3) is 0 Å². The third-order valence-corrected chi connectivity index (χ3v) is 4.88. The fraction of sp³-hybridized carbons (Fsp3) is 0.923. The summed E-state index contributed by atoms with van der Waals surface area (Å²) in [6.07, 6.45) is 8.26. The molecule has 0 aromatic heterocycles. The summed E-state index contributed by atoms with van der Waals surface area (Å²) in [5.41, 5.74) is 0.501. The van der Waals surface area contributed by atoms with Gasteiger partial charge in [-0.1, -0.05) is 26.7 Å². The van der Waals surface area contributed by atoms with Crippen LogP contribution in [0.2, 0.25) is 0 Å². The van der Waals surface area contributed by atoms with Crippen LogP contribution in [0.3, 0.4) is 0 Å². The van der Waals surface area contributed by atoms with Crippen molar-refractivity contribution >= 4 is 5.78 Å². The summed E-state index contributed by atoms with van der Waals surface area (Å²) in [6.45, 7) is 4.76. The van der Waals surface area contributed by atoms with E-state index in [0.717, 1.165) is 25.2 Å². The van der Waals surface area contributed by atoms with Crippen molar-refractivity contribution in [1.29, 1.82) is 0 Å². The van der Waals surface area contributed by atoms with E-state index in [9.17, 15) is 4.79 Å². The summed E-state index contributed by atoms with van der Waals surface area (Å²) in [7, 11) is 0. The van der Waals surface area contributed by atoms with Crippen molar-refractivity contribution in [3.05, 3.63) is 0 Å². The topological polar surface area (TPSA) is 17.1 Å². The Labute approximate surface area is 87.3 Å². The number of carbonyl (C=O) groups is 1. The molecule has 0 aromatic rings. The van der Waals surface area contributed by atoms with Gasteiger partial charge in [0, 0.05) is 12.8 Å². The average Bonchev–Trinajstić information content (AvgIpc) is 2.18. The van der Waals surface area contributed by atoms with Gasteiger partial charge in [-0.25, -0.2) is 0 Å². The van der Waals surface area contributed by atoms with Gasteiger partial charge in [-0.15, -0.1) is 0 Å². The van der Waals surface area contributed by atoms with Gasteiger partial charge in [0.2, 0.25) is 0 Å². The fourth-order valence-corrected chi connectivity index (χ4v) is 3.80. The SMILES string of the molecule is CCC1CCCC2CC(=O)CCC12C. The molecule has 3 atom stereocenters. The Morgan fingerprint density at radius 1 is 1.43 bits per heavy atom. The van der Waals surface area contributed by atoms with Crippen LogP contribution >= 0.6 is 0 Å². The molecule has 2 saturated carbocycles. The van der Waals surface area contributed by atoms with Gasteiger partial charge in [-0.3, -0.25) is 4.79 Å². The minimum Gasteiger partial charge on any atom is -0.300 e. The van der Waals surface area contributed by atoms with Crippen LogP contribution in [0, 0.1) is 17.3 Å². The van der Waals surface area contributed by atoms with Crippen LogP contribution in [0.15, 0.2) is 0 Å². The van der Waals surface area contributed by atoms with Gasteiger partial charge in [0.25, 0.3) is 0 Å². The molecule has 0 heterocycles. The molecule has 0 spiro atoms. The van der Waals surface area contributed by atoms with Crippen molar-refractivity contribution in [2.45, 2.75) is 58.8 Å². The van der Waals surface area contributed by atoms with E-state index in [1.165, 1.54) is 25.7 Å². The first-order chi connectivity index (χ1) is 6.66. The molecule has 1 nitrogen and oxygen atoms in total. The lowest BCUT2D eigenvalue weighted by Crippen LogP contribution is -2.43. The van der Waals surface area contributed by atoms with Gasteiger partial charge >= 0.3 is 0 Å². The molecule has 80 valence electrons. The van der Waals surface area contributed by atoms with E-state index in [1.807, 2.05) is 0 Å². The maximum atomic E-state index is 11.5. The second-order valence-electron chi connectivity index (χ2n) is 5.48. The normalized spacial score (nSPS) is 43.4. The molecular weight excluding hydrogens is 172 g/mol. The van der Waals surface area contributed by atoms with Crippen LogP contribution in [0.5, 0.6) is 0 Å². The predicted octanol–water partition coefficient (Wildman–Crippen LogP) is 3.57. The van der Waals surface area contributed by atoms with Crippen molar-refractivity contribution in [1.82, 2.24) is 0 Å². The number of hydrogen-bond donors (Lipinski definition) is 0. The highest BCUT2D eigenvalue weighted by Gasteiger charge is 2.45. The molecule has 0 saturated heterocycles. The molecule has 0 aliphatic heterocycles. The van der Waals surface area contributed by atoms with Gasteiger partial charge in [0.15, 0.2) is 0 Å². The molecule has 0 amide bonds. The quantitative estimate of drug-likeness (QED) is 0.623. The molecule has 2 aliphatic rings. The first-order valence-corrected chi connectivity index (χ1v) is 6.18. The second kappa shape index (κ2) is 3.67. The largest absolute Gasteiger partial charge is 0.300 e. The molecule has 0 bridgehead atoms. The molecular formula is C13H22O. The Hall–Kier alpha value is -0.330. The average molecular weight is 194 g/mol. The van der Waals surface area contributed by atoms with E-state index in [2.05, 4.69) is 13.8 Å². The van der Waals surface area contributed by atoms with E-state index < -0.39 is 0 Å². The Balaban J connectivity index is 2.17. The van der Waals surface area contributed by atoms with Crippen molar-refractivity contribution in [3.63, 3.8) is 0 Å². The lowest BCUT2D eigenvalue weighted by Gasteiger charge is -2.50. The van der Waals surface area contributed by atoms with Crippen LogP contribution in [-0.2, 0) is 4.79 Å². The number of hydrogen-bond acceptors (Lipinski definition) is 1. The van der Waals surface area contributed by atoms with E-state index in [4.69, 9.17) is 0 Å². The van der Waals surface area contributed by atoms with E-state index in [0.29, 0.717) is 17.1 Å². The highest BCUT2D eigenvalue weighted by molar-refractivity contribution is 5.79. The molecule has 0 N–H and O–H groups in total. The van der Waals surface area contributed by atoms with Crippen LogP contribution < -0.4 is 0 Å². The minimum absolute atomic E-state index is 0.501. The molecule has 2 aliphatic carbocycles. The van der Waals surface area contributed by atoms with Gasteiger partial charge in [0.05, 0.1) is 0 Å². The highest BCUT2D eigenvalue weighted by Crippen LogP contribution is 2.53. The Kier molecular flexibility index (Phi) is 2.68. The molecule has 2 fully saturated rings. The first-order valence-electron chi connectivity index (χ1n) is 6.18. The zero-order chi connectivity index (χ0) is 10.2. The Morgan fingerprint density at radius 2 is 2.21 bits per heavy atom. The molecule has 1 heteroatoms. The molecule has 0 aromatic carbocycles. The van der Waals surface area contributed by atoms with Crippen molar-refractivity contribution in [3.8, 4) is 0 Å². The highest BCUT2D eigenvalue weighted by atomic mass is 16.1. The Morgan fingerprint density at radius 3 is 2.93 bits per heavy atom. The lowest BCUT2D eigenvalue weighted by molar-refractivity contribution is -0.128. The second-order valence-corrected chi connectivity index (χ2v) is 5.48. The maximum absolute atomic E-state index is 11.5. The zero-order valence-corrected chi connectivity index (χ0v) is 9.51. The van der Waals surface area contributed by atoms with Crippen molar-refractivity contribution in [2.75, 3.05) is 0 Å². The summed E-state index contributed by atoms with van der Waals surface area (Å²) >= 11 is 0. The summed E-state index contributed by atoms with van der Waals surface area (Å²) < 4.78 is 0. The number of ketones is 1. The van der Waals surface area contributed by atoms with Gasteiger partial charge in [0.1, 0.15) is 5.78 Å². The third kappa shape index (κ3) is 1.51. The van der Waals surface area contributed by atoms with E-state index in [-0.39, 0.29) is 0 Å². The molecule has 2 rings (SSSR count). The van der Waals surface area contributed by atoms with Crippen molar-refractivity contribution in [2.24, 2.45) is 17.3 Å². The van der Waals surface area contributed by atoms with Gasteiger partial charge in [-0.05, 0) is 36.5 Å². The fourth-order valence-electron chi connectivity index (χ4n) is 3.80. The summed E-state index contributed by atoms with van der Waals surface area (Å²) in [6, 6.07) is 0. The summed E-state index contributed by atoms with van der Waals surface area (Å²) in [5, 5.41) is 0. The Bertz CT molecular complexity index is 233. The van der Waals surface area contributed by atoms with Gasteiger partial charge in [-0.2, -0.15) is 0 Å². The number of rotatable bonds is 1. The first kappa shape index (κ1) is 10.2. The maximum Gasteiger partial charge on any atom is 0.133 e. The minimum atomic E-state index is 0.501. The monoisotopic (exact) mass is 194 g/mol. The molecule has 3 unspecified atom stereocenters. The van der Waals surface area contributed by atoms with Crippen molar-refractivity contribution < 1.29 is 4.79 Å². The van der Waals surface area contributed by atoms with Crippen LogP contribution in [0.1, 0.15) is 58.8 Å². The predicted molar refractivity (Wildman–Crippen MR) is 58.1 cm³/mol. The molecule has 14 heavy (non-hydrogen) atoms. The number of Topliss-reactive ketones (excluding diaryl/α,β-unsaturated/α-hetero) is 1. The lowest BCUT2D eigenvalue weighted by atomic mass is 9.55. The zero-order valence-electron chi connectivity index (χ0n) is 9.51. The summed E-state index contributed by atoms with van der Waals surface area (Å²) in [4.78, 5) is 11.5.